The average molecular weight is 259 g/mol. The van der Waals surface area contributed by atoms with E-state index in [0.717, 1.165) is 17.7 Å². The predicted molar refractivity (Wildman–Crippen MR) is 70.1 cm³/mol. The van der Waals surface area contributed by atoms with Gasteiger partial charge >= 0.3 is 5.97 Å². The second-order valence-corrected chi connectivity index (χ2v) is 5.24. The number of halogens is 1. The van der Waals surface area contributed by atoms with Gasteiger partial charge in [0.1, 0.15) is 11.3 Å². The molecule has 1 N–H and O–H groups in total. The molecule has 98 valence electrons. The number of benzene rings is 1. The number of fused-ring (bicyclic) bond motifs is 2. The Morgan fingerprint density at radius 2 is 2.21 bits per heavy atom. The summed E-state index contributed by atoms with van der Waals surface area (Å²) in [5.74, 6) is -1.25. The molecule has 0 saturated heterocycles. The van der Waals surface area contributed by atoms with Crippen LogP contribution in [0.2, 0.25) is 0 Å². The Bertz CT molecular complexity index is 709. The third-order valence-electron chi connectivity index (χ3n) is 3.83. The molecule has 4 heteroatoms. The fourth-order valence-corrected chi connectivity index (χ4v) is 2.92. The Kier molecular flexibility index (Phi) is 2.55. The Hall–Kier alpha value is -1.97. The van der Waals surface area contributed by atoms with Gasteiger partial charge in [0.05, 0.1) is 5.56 Å². The van der Waals surface area contributed by atoms with Crippen molar-refractivity contribution in [3.63, 3.8) is 0 Å². The smallest absolute Gasteiger partial charge is 0.336 e. The zero-order chi connectivity index (χ0) is 13.7. The molecule has 19 heavy (non-hydrogen) atoms. The molecule has 1 aromatic carbocycles. The Morgan fingerprint density at radius 1 is 1.47 bits per heavy atom. The fraction of sp³-hybridized carbons (Fsp3) is 0.333. The Balaban J connectivity index is 2.49. The molecule has 1 unspecified atom stereocenters. The standard InChI is InChI=1S/C15H14FNO2/c1-7-5-10-12(15(18)19)9-4-3-8(2)13(9)17-14(10)11(16)6-7/h5-6,8H,3-4H2,1-2H3,(H,18,19). The highest BCUT2D eigenvalue weighted by Gasteiger charge is 2.28. The summed E-state index contributed by atoms with van der Waals surface area (Å²) in [4.78, 5) is 15.9. The van der Waals surface area contributed by atoms with Gasteiger partial charge in [0.25, 0.3) is 0 Å². The van der Waals surface area contributed by atoms with Crippen LogP contribution in [0.4, 0.5) is 4.39 Å². The summed E-state index contributed by atoms with van der Waals surface area (Å²) in [7, 11) is 0. The van der Waals surface area contributed by atoms with E-state index in [0.29, 0.717) is 17.4 Å². The van der Waals surface area contributed by atoms with E-state index in [1.807, 2.05) is 6.92 Å². The first-order valence-corrected chi connectivity index (χ1v) is 6.35. The predicted octanol–water partition coefficient (Wildman–Crippen LogP) is 3.43. The van der Waals surface area contributed by atoms with E-state index in [4.69, 9.17) is 0 Å². The van der Waals surface area contributed by atoms with Crippen LogP contribution in [0.5, 0.6) is 0 Å². The summed E-state index contributed by atoms with van der Waals surface area (Å²) in [6, 6.07) is 3.10. The first-order chi connectivity index (χ1) is 8.99. The fourth-order valence-electron chi connectivity index (χ4n) is 2.92. The number of nitrogens with zero attached hydrogens (tertiary/aromatic N) is 1. The van der Waals surface area contributed by atoms with Crippen molar-refractivity contribution in [2.75, 3.05) is 0 Å². The lowest BCUT2D eigenvalue weighted by Gasteiger charge is -2.11. The summed E-state index contributed by atoms with van der Waals surface area (Å²) < 4.78 is 14.0. The molecule has 0 bridgehead atoms. The SMILES string of the molecule is Cc1cc(F)c2nc3c(c(C(=O)O)c2c1)CCC3C. The van der Waals surface area contributed by atoms with Crippen LogP contribution >= 0.6 is 0 Å². The minimum Gasteiger partial charge on any atom is -0.478 e. The number of carboxylic acid groups (broad SMARTS) is 1. The van der Waals surface area contributed by atoms with Crippen LogP contribution < -0.4 is 0 Å². The number of rotatable bonds is 1. The molecule has 1 atom stereocenters. The van der Waals surface area contributed by atoms with Crippen molar-refractivity contribution in [2.24, 2.45) is 0 Å². The minimum absolute atomic E-state index is 0.176. The number of carboxylic acids is 1. The molecule has 0 radical (unpaired) electrons. The molecule has 0 fully saturated rings. The maximum atomic E-state index is 14.0. The summed E-state index contributed by atoms with van der Waals surface area (Å²) >= 11 is 0. The lowest BCUT2D eigenvalue weighted by molar-refractivity contribution is 0.0698. The average Bonchev–Trinajstić information content (AvgIpc) is 2.68. The van der Waals surface area contributed by atoms with Crippen molar-refractivity contribution < 1.29 is 14.3 Å². The van der Waals surface area contributed by atoms with E-state index < -0.39 is 11.8 Å². The van der Waals surface area contributed by atoms with Gasteiger partial charge in [-0.3, -0.25) is 0 Å². The molecule has 0 amide bonds. The maximum absolute atomic E-state index is 14.0. The highest BCUT2D eigenvalue weighted by Crippen LogP contribution is 2.37. The monoisotopic (exact) mass is 259 g/mol. The number of aromatic nitrogens is 1. The quantitative estimate of drug-likeness (QED) is 0.853. The van der Waals surface area contributed by atoms with Gasteiger partial charge in [-0.05, 0) is 48.9 Å². The summed E-state index contributed by atoms with van der Waals surface area (Å²) in [5.41, 5.74) is 2.63. The molecule has 3 rings (SSSR count). The van der Waals surface area contributed by atoms with E-state index in [-0.39, 0.29) is 17.0 Å². The number of aryl methyl sites for hydroxylation is 1. The molecule has 3 nitrogen and oxygen atoms in total. The number of hydrogen-bond donors (Lipinski definition) is 1. The molecule has 2 aromatic rings. The molecule has 1 aromatic heterocycles. The zero-order valence-corrected chi connectivity index (χ0v) is 10.8. The molecule has 1 heterocycles. The lowest BCUT2D eigenvalue weighted by atomic mass is 9.99. The number of pyridine rings is 1. The van der Waals surface area contributed by atoms with Crippen LogP contribution in [0.3, 0.4) is 0 Å². The molecule has 1 aliphatic rings. The van der Waals surface area contributed by atoms with Crippen LogP contribution in [0.25, 0.3) is 10.9 Å². The second-order valence-electron chi connectivity index (χ2n) is 5.24. The molecular weight excluding hydrogens is 245 g/mol. The van der Waals surface area contributed by atoms with Gasteiger partial charge in [-0.15, -0.1) is 0 Å². The minimum atomic E-state index is -0.997. The van der Waals surface area contributed by atoms with E-state index >= 15 is 0 Å². The maximum Gasteiger partial charge on any atom is 0.336 e. The third-order valence-corrected chi connectivity index (χ3v) is 3.83. The highest BCUT2D eigenvalue weighted by molar-refractivity contribution is 6.04. The summed E-state index contributed by atoms with van der Waals surface area (Å²) in [6.07, 6.45) is 1.58. The van der Waals surface area contributed by atoms with E-state index in [1.54, 1.807) is 13.0 Å². The van der Waals surface area contributed by atoms with Crippen molar-refractivity contribution >= 4 is 16.9 Å². The molecule has 1 aliphatic carbocycles. The third kappa shape index (κ3) is 1.70. The topological polar surface area (TPSA) is 50.2 Å². The highest BCUT2D eigenvalue weighted by atomic mass is 19.1. The van der Waals surface area contributed by atoms with Crippen molar-refractivity contribution in [2.45, 2.75) is 32.6 Å². The normalized spacial score (nSPS) is 17.7. The van der Waals surface area contributed by atoms with E-state index in [1.165, 1.54) is 6.07 Å². The molecule has 0 aliphatic heterocycles. The van der Waals surface area contributed by atoms with Crippen LogP contribution in [0.15, 0.2) is 12.1 Å². The van der Waals surface area contributed by atoms with Crippen molar-refractivity contribution in [3.05, 3.63) is 40.3 Å². The van der Waals surface area contributed by atoms with Crippen LogP contribution in [-0.2, 0) is 6.42 Å². The van der Waals surface area contributed by atoms with Gasteiger partial charge < -0.3 is 5.11 Å². The van der Waals surface area contributed by atoms with Gasteiger partial charge in [0.2, 0.25) is 0 Å². The van der Waals surface area contributed by atoms with Crippen LogP contribution in [0, 0.1) is 12.7 Å². The summed E-state index contributed by atoms with van der Waals surface area (Å²) in [5, 5.41) is 9.88. The zero-order valence-electron chi connectivity index (χ0n) is 10.8. The number of aromatic carboxylic acids is 1. The first kappa shape index (κ1) is 12.1. The first-order valence-electron chi connectivity index (χ1n) is 6.35. The molecular formula is C15H14FNO2. The number of carbonyl (C=O) groups is 1. The van der Waals surface area contributed by atoms with Gasteiger partial charge in [0.15, 0.2) is 0 Å². The van der Waals surface area contributed by atoms with E-state index in [9.17, 15) is 14.3 Å². The van der Waals surface area contributed by atoms with E-state index in [2.05, 4.69) is 4.98 Å². The number of hydrogen-bond acceptors (Lipinski definition) is 2. The van der Waals surface area contributed by atoms with Gasteiger partial charge in [-0.25, -0.2) is 14.2 Å². The van der Waals surface area contributed by atoms with Crippen molar-refractivity contribution in [1.29, 1.82) is 0 Å². The second kappa shape index (κ2) is 4.02. The van der Waals surface area contributed by atoms with Crippen LogP contribution in [0.1, 0.15) is 46.4 Å². The van der Waals surface area contributed by atoms with Crippen molar-refractivity contribution in [3.8, 4) is 0 Å². The molecule has 0 saturated carbocycles. The van der Waals surface area contributed by atoms with Gasteiger partial charge in [-0.1, -0.05) is 6.92 Å². The van der Waals surface area contributed by atoms with Gasteiger partial charge in [0, 0.05) is 11.1 Å². The Labute approximate surface area is 110 Å². The van der Waals surface area contributed by atoms with Crippen LogP contribution in [-0.4, -0.2) is 16.1 Å². The van der Waals surface area contributed by atoms with Crippen molar-refractivity contribution in [1.82, 2.24) is 4.98 Å². The largest absolute Gasteiger partial charge is 0.478 e. The molecule has 0 spiro atoms. The van der Waals surface area contributed by atoms with Gasteiger partial charge in [-0.2, -0.15) is 0 Å². The summed E-state index contributed by atoms with van der Waals surface area (Å²) in [6.45, 7) is 3.76. The Morgan fingerprint density at radius 3 is 2.89 bits per heavy atom. The lowest BCUT2D eigenvalue weighted by Crippen LogP contribution is -2.07.